The third kappa shape index (κ3) is 5.23. The van der Waals surface area contributed by atoms with E-state index in [0.717, 1.165) is 36.2 Å². The second-order valence-corrected chi connectivity index (χ2v) is 10.4. The van der Waals surface area contributed by atoms with E-state index in [-0.39, 0.29) is 41.0 Å². The summed E-state index contributed by atoms with van der Waals surface area (Å²) in [5.74, 6) is 1.46. The fourth-order valence-electron chi connectivity index (χ4n) is 4.55. The van der Waals surface area contributed by atoms with E-state index in [1.165, 1.54) is 6.07 Å². The Balaban J connectivity index is 1.61. The van der Waals surface area contributed by atoms with Crippen molar-refractivity contribution in [3.63, 3.8) is 0 Å². The van der Waals surface area contributed by atoms with Crippen LogP contribution in [0.15, 0.2) is 30.5 Å². The van der Waals surface area contributed by atoms with E-state index in [1.54, 1.807) is 18.3 Å². The molecule has 2 heterocycles. The summed E-state index contributed by atoms with van der Waals surface area (Å²) in [6.45, 7) is 10.0. The number of carbonyl (C=O) groups is 2. The van der Waals surface area contributed by atoms with Crippen LogP contribution in [0.2, 0.25) is 0 Å². The number of phenolic OH excluding ortho intramolecular Hbond substituents is 1. The molecule has 0 bridgehead atoms. The Kier molecular flexibility index (Phi) is 6.69. The van der Waals surface area contributed by atoms with Gasteiger partial charge < -0.3 is 20.5 Å². The number of alkyl carbamates (subject to hydrolysis) is 1. The van der Waals surface area contributed by atoms with Gasteiger partial charge in [0, 0.05) is 35.0 Å². The van der Waals surface area contributed by atoms with E-state index >= 15 is 0 Å². The van der Waals surface area contributed by atoms with E-state index in [0.29, 0.717) is 17.5 Å². The summed E-state index contributed by atoms with van der Waals surface area (Å²) in [6.07, 6.45) is 4.15. The summed E-state index contributed by atoms with van der Waals surface area (Å²) in [7, 11) is 0. The van der Waals surface area contributed by atoms with Gasteiger partial charge in [0.1, 0.15) is 23.5 Å². The number of hydrogen-bond acceptors (Lipinski definition) is 7. The molecule has 0 radical (unpaired) electrons. The lowest BCUT2D eigenvalue weighted by Crippen LogP contribution is -2.33. The first kappa shape index (κ1) is 24.5. The number of anilines is 2. The number of benzene rings is 1. The van der Waals surface area contributed by atoms with Crippen LogP contribution >= 0.6 is 0 Å². The van der Waals surface area contributed by atoms with Crippen LogP contribution in [0.3, 0.4) is 0 Å². The minimum Gasteiger partial charge on any atom is -0.507 e. The van der Waals surface area contributed by atoms with Crippen molar-refractivity contribution >= 4 is 34.8 Å². The van der Waals surface area contributed by atoms with Crippen molar-refractivity contribution in [1.82, 2.24) is 20.1 Å². The summed E-state index contributed by atoms with van der Waals surface area (Å²) in [5, 5.41) is 22.5. The average Bonchev–Trinajstić information content (AvgIpc) is 3.40. The molecule has 9 heteroatoms. The number of aromatic hydroxyl groups is 1. The molecule has 0 spiro atoms. The van der Waals surface area contributed by atoms with Gasteiger partial charge in [0.15, 0.2) is 6.29 Å². The fraction of sp³-hybridized carbons (Fsp3) is 0.462. The molecule has 0 saturated heterocycles. The SMILES string of the molecule is CC(C)NC(=O)O[C@@H]1CC[C@H](c2cc(Nc3nccc4c(C=O)c(O)ccc34)n(C(C)(C)C)n2)C1. The van der Waals surface area contributed by atoms with E-state index in [4.69, 9.17) is 9.84 Å². The molecule has 1 aliphatic rings. The number of nitrogens with one attached hydrogen (secondary N) is 2. The van der Waals surface area contributed by atoms with Crippen LogP contribution in [0.4, 0.5) is 16.4 Å². The monoisotopic (exact) mass is 479 g/mol. The number of aldehydes is 1. The highest BCUT2D eigenvalue weighted by molar-refractivity contribution is 6.04. The maximum Gasteiger partial charge on any atom is 0.407 e. The molecule has 1 fully saturated rings. The molecule has 3 aromatic rings. The highest BCUT2D eigenvalue weighted by Crippen LogP contribution is 2.38. The van der Waals surface area contributed by atoms with Crippen LogP contribution in [0.1, 0.15) is 75.9 Å². The van der Waals surface area contributed by atoms with Gasteiger partial charge in [-0.2, -0.15) is 5.10 Å². The molecule has 1 aliphatic carbocycles. The first-order valence-electron chi connectivity index (χ1n) is 12.0. The molecule has 0 unspecified atom stereocenters. The van der Waals surface area contributed by atoms with Gasteiger partial charge in [0.25, 0.3) is 0 Å². The predicted molar refractivity (Wildman–Crippen MR) is 134 cm³/mol. The van der Waals surface area contributed by atoms with Gasteiger partial charge in [-0.25, -0.2) is 14.5 Å². The molecular formula is C26H33N5O4. The van der Waals surface area contributed by atoms with Gasteiger partial charge >= 0.3 is 6.09 Å². The van der Waals surface area contributed by atoms with Crippen molar-refractivity contribution in [1.29, 1.82) is 0 Å². The summed E-state index contributed by atoms with van der Waals surface area (Å²) >= 11 is 0. The largest absolute Gasteiger partial charge is 0.507 e. The molecule has 1 aromatic carbocycles. The minimum absolute atomic E-state index is 0.0325. The average molecular weight is 480 g/mol. The Morgan fingerprint density at radius 2 is 2.00 bits per heavy atom. The predicted octanol–water partition coefficient (Wildman–Crippen LogP) is 5.22. The summed E-state index contributed by atoms with van der Waals surface area (Å²) in [4.78, 5) is 28.0. The number of hydrogen-bond donors (Lipinski definition) is 3. The van der Waals surface area contributed by atoms with Crippen LogP contribution in [0, 0.1) is 0 Å². The third-order valence-electron chi connectivity index (χ3n) is 6.18. The zero-order valence-electron chi connectivity index (χ0n) is 20.8. The van der Waals surface area contributed by atoms with Crippen LogP contribution in [-0.4, -0.2) is 44.4 Å². The van der Waals surface area contributed by atoms with Crippen molar-refractivity contribution in [2.45, 2.75) is 77.5 Å². The third-order valence-corrected chi connectivity index (χ3v) is 6.18. The Morgan fingerprint density at radius 3 is 2.69 bits per heavy atom. The number of phenols is 1. The molecule has 3 N–H and O–H groups in total. The molecule has 4 rings (SSSR count). The lowest BCUT2D eigenvalue weighted by Gasteiger charge is -2.23. The zero-order chi connectivity index (χ0) is 25.3. The van der Waals surface area contributed by atoms with Crippen molar-refractivity contribution in [2.24, 2.45) is 0 Å². The molecule has 2 atom stereocenters. The van der Waals surface area contributed by atoms with Crippen molar-refractivity contribution in [3.8, 4) is 5.75 Å². The van der Waals surface area contributed by atoms with Gasteiger partial charge in [-0.05, 0) is 72.1 Å². The highest BCUT2D eigenvalue weighted by atomic mass is 16.6. The summed E-state index contributed by atoms with van der Waals surface area (Å²) in [6, 6.07) is 7.01. The number of carbonyl (C=O) groups excluding carboxylic acids is 2. The second kappa shape index (κ2) is 9.56. The Labute approximate surface area is 204 Å². The van der Waals surface area contributed by atoms with Crippen molar-refractivity contribution in [3.05, 3.63) is 41.7 Å². The molecular weight excluding hydrogens is 446 g/mol. The second-order valence-electron chi connectivity index (χ2n) is 10.4. The highest BCUT2D eigenvalue weighted by Gasteiger charge is 2.32. The topological polar surface area (TPSA) is 118 Å². The van der Waals surface area contributed by atoms with E-state index in [9.17, 15) is 14.7 Å². The van der Waals surface area contributed by atoms with Gasteiger partial charge in [0.05, 0.1) is 16.8 Å². The lowest BCUT2D eigenvalue weighted by molar-refractivity contribution is 0.0981. The van der Waals surface area contributed by atoms with Gasteiger partial charge in [-0.1, -0.05) is 0 Å². The van der Waals surface area contributed by atoms with Crippen LogP contribution in [0.5, 0.6) is 5.75 Å². The van der Waals surface area contributed by atoms with E-state index in [2.05, 4.69) is 36.4 Å². The maximum atomic E-state index is 12.0. The molecule has 1 amide bonds. The lowest BCUT2D eigenvalue weighted by atomic mass is 10.0. The summed E-state index contributed by atoms with van der Waals surface area (Å²) < 4.78 is 7.53. The van der Waals surface area contributed by atoms with Crippen LogP contribution in [-0.2, 0) is 10.3 Å². The molecule has 9 nitrogen and oxygen atoms in total. The molecule has 35 heavy (non-hydrogen) atoms. The first-order valence-corrected chi connectivity index (χ1v) is 12.0. The maximum absolute atomic E-state index is 12.0. The molecule has 0 aliphatic heterocycles. The van der Waals surface area contributed by atoms with Gasteiger partial charge in [0.2, 0.25) is 0 Å². The van der Waals surface area contributed by atoms with Gasteiger partial charge in [-0.15, -0.1) is 0 Å². The number of amides is 1. The zero-order valence-corrected chi connectivity index (χ0v) is 20.8. The quantitative estimate of drug-likeness (QED) is 0.415. The smallest absolute Gasteiger partial charge is 0.407 e. The van der Waals surface area contributed by atoms with Crippen molar-refractivity contribution < 1.29 is 19.4 Å². The standard InChI is InChI=1S/C26H33N5O4/c1-15(2)28-25(34)35-17-7-6-16(12-17)21-13-23(31(30-21)26(3,4)5)29-24-19-8-9-22(33)20(14-32)18(19)10-11-27-24/h8-11,13-17,33H,6-7,12H2,1-5H3,(H,27,29)(H,28,34)/t16-,17+/m0/s1. The molecule has 186 valence electrons. The number of fused-ring (bicyclic) bond motifs is 1. The van der Waals surface area contributed by atoms with Crippen LogP contribution < -0.4 is 10.6 Å². The first-order chi connectivity index (χ1) is 16.6. The Hall–Kier alpha value is -3.62. The number of rotatable bonds is 6. The van der Waals surface area contributed by atoms with Gasteiger partial charge in [-0.3, -0.25) is 4.79 Å². The number of nitrogens with zero attached hydrogens (tertiary/aromatic N) is 3. The normalized spacial score (nSPS) is 18.1. The van der Waals surface area contributed by atoms with E-state index < -0.39 is 0 Å². The minimum atomic E-state index is -0.379. The number of aromatic nitrogens is 3. The Morgan fingerprint density at radius 1 is 1.23 bits per heavy atom. The fourth-order valence-corrected chi connectivity index (χ4v) is 4.55. The molecule has 1 saturated carbocycles. The summed E-state index contributed by atoms with van der Waals surface area (Å²) in [5.41, 5.74) is 0.865. The van der Waals surface area contributed by atoms with E-state index in [1.807, 2.05) is 24.6 Å². The van der Waals surface area contributed by atoms with Crippen molar-refractivity contribution in [2.75, 3.05) is 5.32 Å². The van der Waals surface area contributed by atoms with Crippen LogP contribution in [0.25, 0.3) is 10.8 Å². The number of ether oxygens (including phenoxy) is 1. The molecule has 2 aromatic heterocycles. The Bertz CT molecular complexity index is 1240. The number of pyridine rings is 1.